The summed E-state index contributed by atoms with van der Waals surface area (Å²) >= 11 is 5.61. The van der Waals surface area contributed by atoms with Gasteiger partial charge in [0, 0.05) is 13.7 Å². The van der Waals surface area contributed by atoms with Gasteiger partial charge in [0.1, 0.15) is 11.5 Å². The maximum absolute atomic E-state index is 13.2. The molecule has 1 rings (SSSR count). The quantitative estimate of drug-likeness (QED) is 0.594. The fraction of sp³-hybridized carbons (Fsp3) is 0.455. The summed E-state index contributed by atoms with van der Waals surface area (Å²) in [6.45, 7) is 0.135. The second-order valence-corrected chi connectivity index (χ2v) is 4.26. The first kappa shape index (κ1) is 15.6. The van der Waals surface area contributed by atoms with Gasteiger partial charge in [0.2, 0.25) is 0 Å². The van der Waals surface area contributed by atoms with Crippen molar-refractivity contribution in [2.24, 2.45) is 0 Å². The smallest absolute Gasteiger partial charge is 0.295 e. The number of halogens is 2. The Bertz CT molecular complexity index is 453. The molecule has 0 spiro atoms. The number of nitro benzene ring substituents is 1. The molecule has 1 unspecified atom stereocenters. The molecule has 6 nitrogen and oxygen atoms in total. The molecule has 2 N–H and O–H groups in total. The highest BCUT2D eigenvalue weighted by atomic mass is 35.5. The van der Waals surface area contributed by atoms with Crippen molar-refractivity contribution in [2.75, 3.05) is 25.6 Å². The van der Waals surface area contributed by atoms with Gasteiger partial charge < -0.3 is 15.2 Å². The topological polar surface area (TPSA) is 84.6 Å². The Labute approximate surface area is 114 Å². The van der Waals surface area contributed by atoms with E-state index in [1.807, 2.05) is 0 Å². The van der Waals surface area contributed by atoms with Crippen LogP contribution < -0.4 is 5.32 Å². The SMILES string of the molecule is COCC(CCO)Nc1cc(Cl)c(F)cc1[N+](=O)[O-]. The molecule has 0 aromatic heterocycles. The van der Waals surface area contributed by atoms with Gasteiger partial charge in [0.15, 0.2) is 0 Å². The van der Waals surface area contributed by atoms with Gasteiger partial charge in [-0.1, -0.05) is 11.6 Å². The molecule has 0 bridgehead atoms. The summed E-state index contributed by atoms with van der Waals surface area (Å²) in [5, 5.41) is 22.4. The number of aliphatic hydroxyl groups excluding tert-OH is 1. The second kappa shape index (κ2) is 7.22. The number of benzene rings is 1. The number of hydrogen-bond donors (Lipinski definition) is 2. The summed E-state index contributed by atoms with van der Waals surface area (Å²) in [7, 11) is 1.47. The number of methoxy groups -OCH3 is 1. The highest BCUT2D eigenvalue weighted by molar-refractivity contribution is 6.31. The van der Waals surface area contributed by atoms with Crippen LogP contribution in [-0.4, -0.2) is 36.4 Å². The lowest BCUT2D eigenvalue weighted by Gasteiger charge is -2.18. The minimum Gasteiger partial charge on any atom is -0.396 e. The van der Waals surface area contributed by atoms with Crippen LogP contribution in [0.4, 0.5) is 15.8 Å². The zero-order valence-electron chi connectivity index (χ0n) is 10.2. The van der Waals surface area contributed by atoms with Crippen LogP contribution in [0.15, 0.2) is 12.1 Å². The average molecular weight is 293 g/mol. The molecule has 106 valence electrons. The maximum atomic E-state index is 13.2. The minimum absolute atomic E-state index is 0.0897. The zero-order valence-corrected chi connectivity index (χ0v) is 11.0. The van der Waals surface area contributed by atoms with Gasteiger partial charge in [0.25, 0.3) is 5.69 Å². The van der Waals surface area contributed by atoms with E-state index in [1.165, 1.54) is 7.11 Å². The van der Waals surface area contributed by atoms with Crippen molar-refractivity contribution in [1.29, 1.82) is 0 Å². The van der Waals surface area contributed by atoms with Crippen LogP contribution in [0.2, 0.25) is 5.02 Å². The van der Waals surface area contributed by atoms with E-state index in [-0.39, 0.29) is 30.0 Å². The standard InChI is InChI=1S/C11H14ClFN2O4/c1-19-6-7(2-3-16)14-10-4-8(12)9(13)5-11(10)15(17)18/h4-5,7,14,16H,2-3,6H2,1H3. The molecule has 8 heteroatoms. The summed E-state index contributed by atoms with van der Waals surface area (Å²) in [5.74, 6) is -0.857. The third-order valence-electron chi connectivity index (χ3n) is 2.44. The van der Waals surface area contributed by atoms with E-state index < -0.39 is 16.4 Å². The van der Waals surface area contributed by atoms with Gasteiger partial charge in [-0.2, -0.15) is 0 Å². The second-order valence-electron chi connectivity index (χ2n) is 3.85. The first-order valence-electron chi connectivity index (χ1n) is 5.49. The number of nitrogens with one attached hydrogen (secondary N) is 1. The highest BCUT2D eigenvalue weighted by Gasteiger charge is 2.20. The van der Waals surface area contributed by atoms with Gasteiger partial charge in [-0.15, -0.1) is 0 Å². The van der Waals surface area contributed by atoms with Crippen LogP contribution in [0, 0.1) is 15.9 Å². The molecular formula is C11H14ClFN2O4. The van der Waals surface area contributed by atoms with Gasteiger partial charge in [0.05, 0.1) is 28.7 Å². The molecule has 0 heterocycles. The summed E-state index contributed by atoms with van der Waals surface area (Å²) in [6.07, 6.45) is 0.333. The van der Waals surface area contributed by atoms with Gasteiger partial charge in [-0.05, 0) is 12.5 Å². The van der Waals surface area contributed by atoms with E-state index in [4.69, 9.17) is 21.4 Å². The number of nitro groups is 1. The number of anilines is 1. The first-order chi connectivity index (χ1) is 8.99. The van der Waals surface area contributed by atoms with E-state index in [2.05, 4.69) is 5.32 Å². The lowest BCUT2D eigenvalue weighted by Crippen LogP contribution is -2.26. The molecule has 0 radical (unpaired) electrons. The summed E-state index contributed by atoms with van der Waals surface area (Å²) in [6, 6.07) is 1.57. The van der Waals surface area contributed by atoms with Crippen LogP contribution >= 0.6 is 11.6 Å². The molecule has 0 aliphatic rings. The minimum atomic E-state index is -0.857. The van der Waals surface area contributed by atoms with Crippen LogP contribution in [0.25, 0.3) is 0 Å². The van der Waals surface area contributed by atoms with Crippen molar-refractivity contribution >= 4 is 23.0 Å². The molecule has 0 saturated carbocycles. The number of rotatable bonds is 7. The normalized spacial score (nSPS) is 12.2. The molecule has 1 atom stereocenters. The Balaban J connectivity index is 3.03. The van der Waals surface area contributed by atoms with Crippen LogP contribution in [0.5, 0.6) is 0 Å². The first-order valence-corrected chi connectivity index (χ1v) is 5.87. The molecule has 0 amide bonds. The summed E-state index contributed by atoms with van der Waals surface area (Å²) in [4.78, 5) is 10.2. The van der Waals surface area contributed by atoms with E-state index in [1.54, 1.807) is 0 Å². The third-order valence-corrected chi connectivity index (χ3v) is 2.73. The van der Waals surface area contributed by atoms with Crippen LogP contribution in [-0.2, 0) is 4.74 Å². The summed E-state index contributed by atoms with van der Waals surface area (Å²) < 4.78 is 18.2. The van der Waals surface area contributed by atoms with Crippen molar-refractivity contribution < 1.29 is 19.2 Å². The average Bonchev–Trinajstić information content (AvgIpc) is 2.33. The van der Waals surface area contributed by atoms with Gasteiger partial charge in [-0.3, -0.25) is 10.1 Å². The van der Waals surface area contributed by atoms with Gasteiger partial charge >= 0.3 is 0 Å². The predicted molar refractivity (Wildman–Crippen MR) is 69.1 cm³/mol. The van der Waals surface area contributed by atoms with Crippen molar-refractivity contribution in [1.82, 2.24) is 0 Å². The number of ether oxygens (including phenoxy) is 1. The number of aliphatic hydroxyl groups is 1. The zero-order chi connectivity index (χ0) is 14.4. The lowest BCUT2D eigenvalue weighted by molar-refractivity contribution is -0.384. The molecule has 19 heavy (non-hydrogen) atoms. The Morgan fingerprint density at radius 1 is 1.63 bits per heavy atom. The third kappa shape index (κ3) is 4.30. The Hall–Kier alpha value is -1.44. The molecule has 0 fully saturated rings. The highest BCUT2D eigenvalue weighted by Crippen LogP contribution is 2.31. The Morgan fingerprint density at radius 3 is 2.84 bits per heavy atom. The largest absolute Gasteiger partial charge is 0.396 e. The molecule has 0 saturated heterocycles. The van der Waals surface area contributed by atoms with E-state index in [0.717, 1.165) is 12.1 Å². The van der Waals surface area contributed by atoms with Crippen molar-refractivity contribution in [2.45, 2.75) is 12.5 Å². The van der Waals surface area contributed by atoms with Crippen LogP contribution in [0.1, 0.15) is 6.42 Å². The monoisotopic (exact) mass is 292 g/mol. The summed E-state index contributed by atoms with van der Waals surface area (Å²) in [5.41, 5.74) is -0.326. The fourth-order valence-electron chi connectivity index (χ4n) is 1.58. The van der Waals surface area contributed by atoms with Crippen molar-refractivity contribution in [3.63, 3.8) is 0 Å². The van der Waals surface area contributed by atoms with E-state index in [0.29, 0.717) is 6.42 Å². The molecule has 0 aliphatic carbocycles. The maximum Gasteiger partial charge on any atom is 0.295 e. The fourth-order valence-corrected chi connectivity index (χ4v) is 1.74. The number of hydrogen-bond acceptors (Lipinski definition) is 5. The van der Waals surface area contributed by atoms with E-state index in [9.17, 15) is 14.5 Å². The van der Waals surface area contributed by atoms with Crippen LogP contribution in [0.3, 0.4) is 0 Å². The molecule has 1 aromatic carbocycles. The van der Waals surface area contributed by atoms with Crippen molar-refractivity contribution in [3.05, 3.63) is 33.1 Å². The van der Waals surface area contributed by atoms with Crippen molar-refractivity contribution in [3.8, 4) is 0 Å². The predicted octanol–water partition coefficient (Wildman–Crippen LogP) is 2.20. The Kier molecular flexibility index (Phi) is 5.94. The van der Waals surface area contributed by atoms with E-state index >= 15 is 0 Å². The molecule has 1 aromatic rings. The molecular weight excluding hydrogens is 279 g/mol. The Morgan fingerprint density at radius 2 is 2.32 bits per heavy atom. The lowest BCUT2D eigenvalue weighted by atomic mass is 10.2. The van der Waals surface area contributed by atoms with Gasteiger partial charge in [-0.25, -0.2) is 4.39 Å². The molecule has 0 aliphatic heterocycles. The number of nitrogens with zero attached hydrogens (tertiary/aromatic N) is 1.